The number of carbonyl (C=O) groups excluding carboxylic acids is 2. The average molecular weight is 167 g/mol. The number of rotatable bonds is 3. The van der Waals surface area contributed by atoms with Crippen LogP contribution >= 0.6 is 0 Å². The molecule has 0 amide bonds. The number of ether oxygens (including phenoxy) is 1. The van der Waals surface area contributed by atoms with Crippen LogP contribution in [-0.4, -0.2) is 18.5 Å². The molecule has 1 rings (SSSR count). The van der Waals surface area contributed by atoms with E-state index in [-0.39, 0.29) is 18.5 Å². The van der Waals surface area contributed by atoms with Gasteiger partial charge >= 0.3 is 11.9 Å². The molecule has 0 aromatic heterocycles. The van der Waals surface area contributed by atoms with Crippen LogP contribution < -0.4 is 0 Å². The smallest absolute Gasteiger partial charge is 0.342 e. The second-order valence-corrected chi connectivity index (χ2v) is 2.08. The maximum Gasteiger partial charge on any atom is 0.342 e. The maximum atomic E-state index is 10.7. The van der Waals surface area contributed by atoms with Gasteiger partial charge in [0.2, 0.25) is 0 Å². The van der Waals surface area contributed by atoms with Crippen molar-refractivity contribution in [2.24, 2.45) is 5.11 Å². The third-order valence-corrected chi connectivity index (χ3v) is 1.29. The van der Waals surface area contributed by atoms with Crippen LogP contribution in [-0.2, 0) is 14.3 Å². The first-order chi connectivity index (χ1) is 5.74. The molecule has 0 saturated carbocycles. The summed E-state index contributed by atoms with van der Waals surface area (Å²) in [5, 5.41) is 3.22. The van der Waals surface area contributed by atoms with E-state index in [0.717, 1.165) is 6.08 Å². The van der Waals surface area contributed by atoms with E-state index in [2.05, 4.69) is 14.8 Å². The zero-order valence-corrected chi connectivity index (χ0v) is 6.06. The van der Waals surface area contributed by atoms with Crippen molar-refractivity contribution in [3.05, 3.63) is 22.1 Å². The molecule has 12 heavy (non-hydrogen) atoms. The lowest BCUT2D eigenvalue weighted by molar-refractivity contribution is -0.150. The second-order valence-electron chi connectivity index (χ2n) is 2.08. The predicted molar refractivity (Wildman–Crippen MR) is 37.8 cm³/mol. The van der Waals surface area contributed by atoms with Crippen LogP contribution in [0.1, 0.15) is 6.42 Å². The highest BCUT2D eigenvalue weighted by Crippen LogP contribution is 2.11. The van der Waals surface area contributed by atoms with Gasteiger partial charge < -0.3 is 4.74 Å². The van der Waals surface area contributed by atoms with Crippen LogP contribution in [0.4, 0.5) is 0 Å². The standard InChI is InChI=1S/C6H5N3O3/c7-9-8-2-1-4-3-5(10)12-6(4)11/h3H,1-2H2. The number of azide groups is 1. The second kappa shape index (κ2) is 3.54. The molecule has 1 aliphatic heterocycles. The molecule has 6 heteroatoms. The van der Waals surface area contributed by atoms with Crippen molar-refractivity contribution >= 4 is 11.9 Å². The van der Waals surface area contributed by atoms with Crippen LogP contribution in [0.2, 0.25) is 0 Å². The minimum absolute atomic E-state index is 0.157. The third kappa shape index (κ3) is 1.83. The Balaban J connectivity index is 2.52. The fourth-order valence-corrected chi connectivity index (χ4v) is 0.777. The molecule has 0 saturated heterocycles. The number of nitrogens with zero attached hydrogens (tertiary/aromatic N) is 3. The SMILES string of the molecule is [N-]=[N+]=NCCC1=CC(=O)OC1=O. The molecule has 0 spiro atoms. The van der Waals surface area contributed by atoms with Gasteiger partial charge in [0.25, 0.3) is 0 Å². The summed E-state index contributed by atoms with van der Waals surface area (Å²) in [5.41, 5.74) is 8.17. The highest BCUT2D eigenvalue weighted by molar-refractivity contribution is 6.08. The monoisotopic (exact) mass is 167 g/mol. The number of esters is 2. The first-order valence-corrected chi connectivity index (χ1v) is 3.21. The summed E-state index contributed by atoms with van der Waals surface area (Å²) in [6.07, 6.45) is 1.35. The highest BCUT2D eigenvalue weighted by atomic mass is 16.6. The summed E-state index contributed by atoms with van der Waals surface area (Å²) in [5.74, 6) is -1.30. The molecule has 0 aliphatic carbocycles. The first kappa shape index (κ1) is 8.29. The molecule has 62 valence electrons. The van der Waals surface area contributed by atoms with E-state index >= 15 is 0 Å². The lowest BCUT2D eigenvalue weighted by atomic mass is 10.2. The number of hydrogen-bond acceptors (Lipinski definition) is 4. The molecule has 0 bridgehead atoms. The summed E-state index contributed by atoms with van der Waals surface area (Å²) < 4.78 is 4.20. The summed E-state index contributed by atoms with van der Waals surface area (Å²) in [6, 6.07) is 0. The highest BCUT2D eigenvalue weighted by Gasteiger charge is 2.22. The van der Waals surface area contributed by atoms with E-state index in [1.54, 1.807) is 0 Å². The summed E-state index contributed by atoms with van der Waals surface area (Å²) >= 11 is 0. The minimum atomic E-state index is -0.657. The van der Waals surface area contributed by atoms with Crippen LogP contribution in [0.3, 0.4) is 0 Å². The molecule has 0 atom stereocenters. The fraction of sp³-hybridized carbons (Fsp3) is 0.333. The Hall–Kier alpha value is -1.81. The van der Waals surface area contributed by atoms with Gasteiger partial charge in [-0.25, -0.2) is 9.59 Å². The van der Waals surface area contributed by atoms with Crippen LogP contribution in [0.25, 0.3) is 10.4 Å². The molecule has 0 unspecified atom stereocenters. The van der Waals surface area contributed by atoms with Crippen molar-refractivity contribution in [2.75, 3.05) is 6.54 Å². The Morgan fingerprint density at radius 1 is 1.58 bits per heavy atom. The van der Waals surface area contributed by atoms with Gasteiger partial charge in [-0.3, -0.25) is 0 Å². The van der Waals surface area contributed by atoms with E-state index in [1.807, 2.05) is 0 Å². The Morgan fingerprint density at radius 2 is 2.33 bits per heavy atom. The van der Waals surface area contributed by atoms with Crippen molar-refractivity contribution in [3.8, 4) is 0 Å². The largest absolute Gasteiger partial charge is 0.386 e. The Labute approximate surface area is 67.4 Å². The van der Waals surface area contributed by atoms with Crippen molar-refractivity contribution in [3.63, 3.8) is 0 Å². The van der Waals surface area contributed by atoms with E-state index in [4.69, 9.17) is 5.53 Å². The van der Waals surface area contributed by atoms with Gasteiger partial charge in [-0.05, 0) is 12.0 Å². The molecule has 0 aromatic carbocycles. The molecule has 1 aliphatic rings. The van der Waals surface area contributed by atoms with E-state index in [9.17, 15) is 9.59 Å². The topological polar surface area (TPSA) is 92.1 Å². The van der Waals surface area contributed by atoms with Crippen LogP contribution in [0.5, 0.6) is 0 Å². The summed E-state index contributed by atoms with van der Waals surface area (Å²) in [4.78, 5) is 23.7. The van der Waals surface area contributed by atoms with Gasteiger partial charge in [0.1, 0.15) is 0 Å². The van der Waals surface area contributed by atoms with Crippen molar-refractivity contribution in [2.45, 2.75) is 6.42 Å². The molecule has 0 aromatic rings. The number of carbonyl (C=O) groups is 2. The Bertz CT molecular complexity index is 301. The van der Waals surface area contributed by atoms with Gasteiger partial charge in [0, 0.05) is 23.1 Å². The van der Waals surface area contributed by atoms with Crippen molar-refractivity contribution in [1.29, 1.82) is 0 Å². The van der Waals surface area contributed by atoms with Crippen LogP contribution in [0.15, 0.2) is 16.8 Å². The molecule has 1 heterocycles. The predicted octanol–water partition coefficient (Wildman–Crippen LogP) is 0.697. The lowest BCUT2D eigenvalue weighted by Crippen LogP contribution is -2.02. The van der Waals surface area contributed by atoms with Gasteiger partial charge in [-0.2, -0.15) is 0 Å². The normalized spacial score (nSPS) is 15.2. The molecular formula is C6H5N3O3. The molecule has 0 radical (unpaired) electrons. The van der Waals surface area contributed by atoms with Crippen molar-refractivity contribution < 1.29 is 14.3 Å². The third-order valence-electron chi connectivity index (χ3n) is 1.29. The quantitative estimate of drug-likeness (QED) is 0.203. The molecule has 0 N–H and O–H groups in total. The summed E-state index contributed by atoms with van der Waals surface area (Å²) in [6.45, 7) is 0.157. The molecule has 6 nitrogen and oxygen atoms in total. The fourth-order valence-electron chi connectivity index (χ4n) is 0.777. The zero-order valence-electron chi connectivity index (χ0n) is 6.06. The first-order valence-electron chi connectivity index (χ1n) is 3.21. The Morgan fingerprint density at radius 3 is 2.83 bits per heavy atom. The van der Waals surface area contributed by atoms with Gasteiger partial charge in [0.15, 0.2) is 0 Å². The van der Waals surface area contributed by atoms with Crippen molar-refractivity contribution in [1.82, 2.24) is 0 Å². The molecular weight excluding hydrogens is 162 g/mol. The molecule has 0 fully saturated rings. The van der Waals surface area contributed by atoms with E-state index in [1.165, 1.54) is 0 Å². The van der Waals surface area contributed by atoms with Gasteiger partial charge in [0.05, 0.1) is 0 Å². The number of cyclic esters (lactones) is 2. The van der Waals surface area contributed by atoms with Crippen LogP contribution in [0, 0.1) is 0 Å². The summed E-state index contributed by atoms with van der Waals surface area (Å²) in [7, 11) is 0. The number of hydrogen-bond donors (Lipinski definition) is 0. The minimum Gasteiger partial charge on any atom is -0.386 e. The average Bonchev–Trinajstić information content (AvgIpc) is 2.31. The maximum absolute atomic E-state index is 10.7. The van der Waals surface area contributed by atoms with Gasteiger partial charge in [-0.15, -0.1) is 0 Å². The van der Waals surface area contributed by atoms with Gasteiger partial charge in [-0.1, -0.05) is 5.11 Å². The Kier molecular flexibility index (Phi) is 2.45. The van der Waals surface area contributed by atoms with E-state index in [0.29, 0.717) is 0 Å². The van der Waals surface area contributed by atoms with E-state index < -0.39 is 11.9 Å². The lowest BCUT2D eigenvalue weighted by Gasteiger charge is -1.91. The zero-order chi connectivity index (χ0) is 8.97.